The van der Waals surface area contributed by atoms with E-state index in [2.05, 4.69) is 0 Å². The van der Waals surface area contributed by atoms with Crippen LogP contribution in [0.15, 0.2) is 0 Å². The minimum atomic E-state index is -2.17. The number of hydrogen-bond donors (Lipinski definition) is 12. The Morgan fingerprint density at radius 1 is 0.294 bits per heavy atom. The van der Waals surface area contributed by atoms with E-state index in [-0.39, 0.29) is 38.6 Å². The molecule has 0 unspecified atom stereocenters. The Morgan fingerprint density at radius 3 is 0.294 bits per heavy atom. The van der Waals surface area contributed by atoms with Crippen molar-refractivity contribution in [2.75, 3.05) is 0 Å². The maximum absolute atomic E-state index is 7.17. The molecule has 1 radical (unpaired) electrons. The summed E-state index contributed by atoms with van der Waals surface area (Å²) in [5, 5.41) is 86.0. The topological polar surface area (TPSA) is 243 Å². The first-order valence-corrected chi connectivity index (χ1v) is 3.10. The Labute approximate surface area is 128 Å². The molecule has 0 aromatic heterocycles. The van der Waals surface area contributed by atoms with Crippen molar-refractivity contribution in [1.29, 1.82) is 0 Å². The largest absolute Gasteiger partial charge is 0.631 e. The molecule has 0 aliphatic carbocycles. The van der Waals surface area contributed by atoms with Crippen LogP contribution in [-0.4, -0.2) is 89.6 Å². The van der Waals surface area contributed by atoms with Crippen molar-refractivity contribution >= 4 is 29.3 Å². The minimum Gasteiger partial charge on any atom is -0.402 e. The third-order valence-electron chi connectivity index (χ3n) is 0. The first-order chi connectivity index (χ1) is 6.93. The summed E-state index contributed by atoms with van der Waals surface area (Å²) in [6.45, 7) is 0. The second kappa shape index (κ2) is 25.8. The van der Waals surface area contributed by atoms with Crippen LogP contribution >= 0.6 is 0 Å². The smallest absolute Gasteiger partial charge is 0.402 e. The van der Waals surface area contributed by atoms with Crippen molar-refractivity contribution < 1.29 is 98.9 Å². The molecule has 0 fully saturated rings. The molecule has 105 valence electrons. The fourth-order valence-corrected chi connectivity index (χ4v) is 0. The molecule has 0 aromatic carbocycles. The third-order valence-corrected chi connectivity index (χ3v) is 0. The molecule has 0 aromatic rings. The summed E-state index contributed by atoms with van der Waals surface area (Å²) in [6.07, 6.45) is 0. The zero-order valence-electron chi connectivity index (χ0n) is 8.01. The van der Waals surface area contributed by atoms with E-state index in [0.717, 1.165) is 0 Å². The SMILES string of the molecule is OB(O)O.OB(O)O.OB(O)O.OB(O)O.[Tb]. The van der Waals surface area contributed by atoms with Gasteiger partial charge < -0.3 is 60.3 Å². The summed E-state index contributed by atoms with van der Waals surface area (Å²) in [7, 11) is -8.67. The minimum absolute atomic E-state index is 0. The van der Waals surface area contributed by atoms with Crippen LogP contribution in [0, 0.1) is 38.6 Å². The summed E-state index contributed by atoms with van der Waals surface area (Å²) in [4.78, 5) is 0. The number of hydrogen-bond acceptors (Lipinski definition) is 12. The van der Waals surface area contributed by atoms with Gasteiger partial charge in [-0.15, -0.1) is 0 Å². The normalized spacial score (nSPS) is 6.35. The van der Waals surface area contributed by atoms with E-state index in [1.807, 2.05) is 0 Å². The van der Waals surface area contributed by atoms with Gasteiger partial charge in [-0.05, 0) is 0 Å². The summed E-state index contributed by atoms with van der Waals surface area (Å²) in [5.74, 6) is 0. The van der Waals surface area contributed by atoms with Gasteiger partial charge in [-0.3, -0.25) is 0 Å². The molecule has 0 aliphatic rings. The van der Waals surface area contributed by atoms with Crippen LogP contribution in [0.5, 0.6) is 0 Å². The van der Waals surface area contributed by atoms with Gasteiger partial charge in [0.25, 0.3) is 0 Å². The van der Waals surface area contributed by atoms with Crippen molar-refractivity contribution in [1.82, 2.24) is 0 Å². The Bertz CT molecular complexity index is 61.5. The maximum atomic E-state index is 7.17. The summed E-state index contributed by atoms with van der Waals surface area (Å²) in [6, 6.07) is 0. The maximum Gasteiger partial charge on any atom is 0.631 e. The molecular formula is H12B4O12Tb. The van der Waals surface area contributed by atoms with Gasteiger partial charge >= 0.3 is 29.3 Å². The van der Waals surface area contributed by atoms with E-state index in [4.69, 9.17) is 60.3 Å². The average Bonchev–Trinajstić information content (AvgIpc) is 1.76. The van der Waals surface area contributed by atoms with Gasteiger partial charge in [0.05, 0.1) is 0 Å². The molecule has 0 spiro atoms. The van der Waals surface area contributed by atoms with Crippen molar-refractivity contribution in [3.05, 3.63) is 0 Å². The third kappa shape index (κ3) is 3410. The van der Waals surface area contributed by atoms with Crippen molar-refractivity contribution in [3.63, 3.8) is 0 Å². The van der Waals surface area contributed by atoms with Crippen LogP contribution in [-0.2, 0) is 0 Å². The molecule has 12 nitrogen and oxygen atoms in total. The van der Waals surface area contributed by atoms with E-state index in [1.165, 1.54) is 0 Å². The second-order valence-corrected chi connectivity index (χ2v) is 1.39. The molecule has 17 heavy (non-hydrogen) atoms. The van der Waals surface area contributed by atoms with Crippen LogP contribution in [0.25, 0.3) is 0 Å². The van der Waals surface area contributed by atoms with E-state index in [1.54, 1.807) is 0 Å². The van der Waals surface area contributed by atoms with Gasteiger partial charge in [-0.2, -0.15) is 0 Å². The zero-order valence-corrected chi connectivity index (χ0v) is 10.1. The summed E-state index contributed by atoms with van der Waals surface area (Å²) >= 11 is 0. The first-order valence-electron chi connectivity index (χ1n) is 3.10. The fraction of sp³-hybridized carbons (Fsp3) is 0. The van der Waals surface area contributed by atoms with Crippen LogP contribution in [0.2, 0.25) is 0 Å². The van der Waals surface area contributed by atoms with E-state index in [9.17, 15) is 0 Å². The predicted molar refractivity (Wildman–Crippen MR) is 49.6 cm³/mol. The molecule has 17 heteroatoms. The molecule has 0 rings (SSSR count). The Kier molecular flexibility index (Phi) is 46.8. The van der Waals surface area contributed by atoms with Crippen molar-refractivity contribution in [3.8, 4) is 0 Å². The van der Waals surface area contributed by atoms with Crippen molar-refractivity contribution in [2.24, 2.45) is 0 Å². The van der Waals surface area contributed by atoms with E-state index in [0.29, 0.717) is 0 Å². The standard InChI is InChI=1S/4BH3O3.Tb/c4*2-1(3)4;/h4*2-4H;. The Morgan fingerprint density at radius 2 is 0.294 bits per heavy atom. The van der Waals surface area contributed by atoms with Gasteiger partial charge in [-0.1, -0.05) is 0 Å². The molecule has 0 saturated carbocycles. The molecule has 0 atom stereocenters. The van der Waals surface area contributed by atoms with Crippen LogP contribution in [0.1, 0.15) is 0 Å². The van der Waals surface area contributed by atoms with Gasteiger partial charge in [-0.25, -0.2) is 0 Å². The predicted octanol–water partition coefficient (Wildman–Crippen LogP) is -8.21. The average molecular weight is 406 g/mol. The second-order valence-electron chi connectivity index (χ2n) is 1.39. The van der Waals surface area contributed by atoms with Gasteiger partial charge in [0, 0.05) is 38.6 Å². The molecule has 0 saturated heterocycles. The molecule has 0 bridgehead atoms. The van der Waals surface area contributed by atoms with Crippen LogP contribution in [0.4, 0.5) is 0 Å². The van der Waals surface area contributed by atoms with Crippen LogP contribution in [0.3, 0.4) is 0 Å². The Hall–Kier alpha value is 1.07. The summed E-state index contributed by atoms with van der Waals surface area (Å²) < 4.78 is 0. The number of rotatable bonds is 0. The molecular weight excluding hydrogens is 394 g/mol. The van der Waals surface area contributed by atoms with Gasteiger partial charge in [0.2, 0.25) is 0 Å². The fourth-order valence-electron chi connectivity index (χ4n) is 0. The van der Waals surface area contributed by atoms with Gasteiger partial charge in [0.1, 0.15) is 0 Å². The summed E-state index contributed by atoms with van der Waals surface area (Å²) in [5.41, 5.74) is 0. The van der Waals surface area contributed by atoms with Crippen LogP contribution < -0.4 is 0 Å². The molecule has 0 heterocycles. The van der Waals surface area contributed by atoms with E-state index < -0.39 is 29.3 Å². The van der Waals surface area contributed by atoms with Crippen molar-refractivity contribution in [2.45, 2.75) is 0 Å². The molecule has 0 aliphatic heterocycles. The first kappa shape index (κ1) is 30.8. The monoisotopic (exact) mass is 407 g/mol. The van der Waals surface area contributed by atoms with Gasteiger partial charge in [0.15, 0.2) is 0 Å². The molecule has 0 amide bonds. The Balaban J connectivity index is -0.0000000369. The quantitative estimate of drug-likeness (QED) is 0.168. The zero-order chi connectivity index (χ0) is 14.3. The molecule has 12 N–H and O–H groups in total. The van der Waals surface area contributed by atoms with E-state index >= 15 is 0 Å².